The second-order valence-corrected chi connectivity index (χ2v) is 16.8. The number of nitriles is 2. The number of nitrogens with zero attached hydrogens (tertiary/aromatic N) is 2. The van der Waals surface area contributed by atoms with E-state index in [2.05, 4.69) is 36.4 Å². The second kappa shape index (κ2) is 25.9. The molecular formula is C53H66N2O6. The third-order valence-electron chi connectivity index (χ3n) is 11.9. The van der Waals surface area contributed by atoms with Crippen molar-refractivity contribution in [3.8, 4) is 45.9 Å². The molecule has 0 radical (unpaired) electrons. The first-order valence-corrected chi connectivity index (χ1v) is 23.1. The SMILES string of the molecule is N#Cc1ccc(-c2ccc(OCCCCCCCCCCC3COC4(OC3)OCC(CCCCCCCCCCOc3ccc(-c5ccc(C#N)cc5)cc3)CO4)cc2)cc1. The molecule has 1 spiro atoms. The fourth-order valence-corrected chi connectivity index (χ4v) is 8.09. The highest BCUT2D eigenvalue weighted by atomic mass is 17.0. The van der Waals surface area contributed by atoms with Crippen LogP contribution in [0.15, 0.2) is 97.1 Å². The second-order valence-electron chi connectivity index (χ2n) is 16.8. The highest BCUT2D eigenvalue weighted by Gasteiger charge is 2.44. The van der Waals surface area contributed by atoms with Gasteiger partial charge in [0.25, 0.3) is 0 Å². The molecule has 2 aliphatic rings. The zero-order valence-electron chi connectivity index (χ0n) is 36.2. The van der Waals surface area contributed by atoms with Crippen molar-refractivity contribution in [2.45, 2.75) is 122 Å². The van der Waals surface area contributed by atoms with Gasteiger partial charge in [0, 0.05) is 11.8 Å². The summed E-state index contributed by atoms with van der Waals surface area (Å²) in [4.78, 5) is 0. The van der Waals surface area contributed by atoms with E-state index in [9.17, 15) is 0 Å². The van der Waals surface area contributed by atoms with Gasteiger partial charge in [-0.2, -0.15) is 10.5 Å². The lowest BCUT2D eigenvalue weighted by atomic mass is 10.0. The Morgan fingerprint density at radius 2 is 0.672 bits per heavy atom. The molecule has 6 rings (SSSR count). The fourth-order valence-electron chi connectivity index (χ4n) is 8.09. The lowest BCUT2D eigenvalue weighted by molar-refractivity contribution is -0.535. The van der Waals surface area contributed by atoms with Crippen molar-refractivity contribution in [1.82, 2.24) is 0 Å². The lowest BCUT2D eigenvalue weighted by Crippen LogP contribution is -2.53. The molecule has 0 amide bonds. The first-order valence-electron chi connectivity index (χ1n) is 23.1. The van der Waals surface area contributed by atoms with Crippen LogP contribution in [-0.4, -0.2) is 45.8 Å². The van der Waals surface area contributed by atoms with E-state index in [0.717, 1.165) is 72.6 Å². The Morgan fingerprint density at radius 3 is 0.984 bits per heavy atom. The maximum absolute atomic E-state index is 8.99. The van der Waals surface area contributed by atoms with E-state index in [1.54, 1.807) is 0 Å². The summed E-state index contributed by atoms with van der Waals surface area (Å²) in [6, 6.07) is 36.1. The van der Waals surface area contributed by atoms with Gasteiger partial charge in [-0.3, -0.25) is 0 Å². The maximum Gasteiger partial charge on any atom is 0.412 e. The number of benzene rings is 4. The maximum atomic E-state index is 8.99. The molecule has 0 aliphatic carbocycles. The van der Waals surface area contributed by atoms with Crippen LogP contribution >= 0.6 is 0 Å². The molecule has 0 saturated carbocycles. The van der Waals surface area contributed by atoms with Crippen molar-refractivity contribution in [3.05, 3.63) is 108 Å². The predicted octanol–water partition coefficient (Wildman–Crippen LogP) is 13.2. The fraction of sp³-hybridized carbons (Fsp3) is 0.509. The van der Waals surface area contributed by atoms with Gasteiger partial charge in [0.2, 0.25) is 0 Å². The molecule has 61 heavy (non-hydrogen) atoms. The third kappa shape index (κ3) is 15.9. The van der Waals surface area contributed by atoms with Gasteiger partial charge in [0.15, 0.2) is 0 Å². The van der Waals surface area contributed by atoms with E-state index in [-0.39, 0.29) is 0 Å². The van der Waals surface area contributed by atoms with Crippen molar-refractivity contribution < 1.29 is 28.4 Å². The zero-order valence-corrected chi connectivity index (χ0v) is 36.2. The summed E-state index contributed by atoms with van der Waals surface area (Å²) in [5, 5.41) is 18.0. The van der Waals surface area contributed by atoms with Crippen molar-refractivity contribution in [1.29, 1.82) is 10.5 Å². The summed E-state index contributed by atoms with van der Waals surface area (Å²) in [7, 11) is 0. The summed E-state index contributed by atoms with van der Waals surface area (Å²) in [6.07, 6.45) is 20.7. The molecule has 2 heterocycles. The summed E-state index contributed by atoms with van der Waals surface area (Å²) in [5.41, 5.74) is 5.81. The average molecular weight is 827 g/mol. The Bertz CT molecular complexity index is 1740. The number of rotatable bonds is 26. The molecule has 324 valence electrons. The molecular weight excluding hydrogens is 761 g/mol. The van der Waals surface area contributed by atoms with E-state index in [1.165, 1.54) is 89.9 Å². The molecule has 2 saturated heterocycles. The number of hydrogen-bond acceptors (Lipinski definition) is 8. The summed E-state index contributed by atoms with van der Waals surface area (Å²) >= 11 is 0. The minimum atomic E-state index is -1.28. The van der Waals surface area contributed by atoms with Gasteiger partial charge < -0.3 is 28.4 Å². The van der Waals surface area contributed by atoms with Crippen LogP contribution in [0.5, 0.6) is 11.5 Å². The quantitative estimate of drug-likeness (QED) is 0.0577. The van der Waals surface area contributed by atoms with Crippen molar-refractivity contribution in [3.63, 3.8) is 0 Å². The molecule has 0 bridgehead atoms. The van der Waals surface area contributed by atoms with Crippen LogP contribution in [0.4, 0.5) is 0 Å². The molecule has 2 aliphatic heterocycles. The van der Waals surface area contributed by atoms with Crippen molar-refractivity contribution >= 4 is 0 Å². The molecule has 0 aromatic heterocycles. The zero-order chi connectivity index (χ0) is 42.2. The first kappa shape index (κ1) is 45.8. The van der Waals surface area contributed by atoms with Gasteiger partial charge in [0.1, 0.15) is 11.5 Å². The van der Waals surface area contributed by atoms with E-state index in [4.69, 9.17) is 38.9 Å². The molecule has 2 fully saturated rings. The summed E-state index contributed by atoms with van der Waals surface area (Å²) in [6.45, 7) is 4.05. The lowest BCUT2D eigenvalue weighted by Gasteiger charge is -2.42. The van der Waals surface area contributed by atoms with Gasteiger partial charge >= 0.3 is 6.16 Å². The van der Waals surface area contributed by atoms with Crippen LogP contribution in [0.25, 0.3) is 22.3 Å². The summed E-state index contributed by atoms with van der Waals surface area (Å²) < 4.78 is 36.0. The van der Waals surface area contributed by atoms with Gasteiger partial charge in [-0.05, 0) is 96.5 Å². The first-order chi connectivity index (χ1) is 30.1. The number of ether oxygens (including phenoxy) is 6. The van der Waals surface area contributed by atoms with Gasteiger partial charge in [-0.1, -0.05) is 138 Å². The van der Waals surface area contributed by atoms with Gasteiger partial charge in [0.05, 0.1) is 62.9 Å². The van der Waals surface area contributed by atoms with E-state index >= 15 is 0 Å². The standard InChI is InChI=1S/C53H66N2O6/c54-37-43-19-23-47(24-20-43)49-27-31-51(32-28-49)56-35-15-11-7-3-1-5-9-13-17-45-39-58-53(59-40-45)60-41-46(42-61-53)18-14-10-6-2-4-8-12-16-36-57-52-33-29-50(30-34-52)48-25-21-44(38-55)22-26-48/h19-34,45-46H,1-18,35-36,39-42H2. The molecule has 8 heteroatoms. The highest BCUT2D eigenvalue weighted by molar-refractivity contribution is 5.66. The Morgan fingerprint density at radius 1 is 0.393 bits per heavy atom. The highest BCUT2D eigenvalue weighted by Crippen LogP contribution is 2.33. The van der Waals surface area contributed by atoms with Gasteiger partial charge in [-0.25, -0.2) is 0 Å². The molecule has 0 atom stereocenters. The predicted molar refractivity (Wildman–Crippen MR) is 241 cm³/mol. The smallest absolute Gasteiger partial charge is 0.412 e. The van der Waals surface area contributed by atoms with Crippen LogP contribution in [0.3, 0.4) is 0 Å². The van der Waals surface area contributed by atoms with Crippen LogP contribution in [0.1, 0.15) is 127 Å². The largest absolute Gasteiger partial charge is 0.494 e. The van der Waals surface area contributed by atoms with Crippen molar-refractivity contribution in [2.75, 3.05) is 39.6 Å². The van der Waals surface area contributed by atoms with Crippen molar-refractivity contribution in [2.24, 2.45) is 11.8 Å². The number of hydrogen-bond donors (Lipinski definition) is 0. The topological polar surface area (TPSA) is 103 Å². The Labute approximate surface area is 365 Å². The molecule has 0 N–H and O–H groups in total. The van der Waals surface area contributed by atoms with Crippen LogP contribution in [-0.2, 0) is 18.9 Å². The minimum Gasteiger partial charge on any atom is -0.494 e. The van der Waals surface area contributed by atoms with Gasteiger partial charge in [-0.15, -0.1) is 0 Å². The van der Waals surface area contributed by atoms with Crippen LogP contribution < -0.4 is 9.47 Å². The van der Waals surface area contributed by atoms with E-state index in [0.29, 0.717) is 49.4 Å². The molecule has 4 aromatic rings. The Balaban J connectivity index is 0.678. The van der Waals surface area contributed by atoms with E-state index < -0.39 is 6.16 Å². The Kier molecular flexibility index (Phi) is 19.5. The molecule has 0 unspecified atom stereocenters. The third-order valence-corrected chi connectivity index (χ3v) is 11.9. The van der Waals surface area contributed by atoms with E-state index in [1.807, 2.05) is 72.8 Å². The Hall–Kier alpha value is -4.70. The number of unbranched alkanes of at least 4 members (excludes halogenated alkanes) is 14. The minimum absolute atomic E-state index is 0.405. The monoisotopic (exact) mass is 826 g/mol. The van der Waals surface area contributed by atoms with Crippen LogP contribution in [0.2, 0.25) is 0 Å². The summed E-state index contributed by atoms with van der Waals surface area (Å²) in [5.74, 6) is 2.62. The van der Waals surface area contributed by atoms with Crippen LogP contribution in [0, 0.1) is 34.5 Å². The molecule has 8 nitrogen and oxygen atoms in total. The normalized spacial score (nSPS) is 18.7. The average Bonchev–Trinajstić information content (AvgIpc) is 3.31. The molecule has 4 aromatic carbocycles.